The Bertz CT molecular complexity index is 1120. The molecule has 31 heavy (non-hydrogen) atoms. The molecular weight excluding hydrogens is 411 g/mol. The van der Waals surface area contributed by atoms with E-state index in [9.17, 15) is 18.0 Å². The van der Waals surface area contributed by atoms with E-state index >= 15 is 0 Å². The predicted molar refractivity (Wildman–Crippen MR) is 106 cm³/mol. The SMILES string of the molecule is Cc1cc(C(F)(F)F)c2c([C@H]3CCCN(C(=O)CCn4nc(C)cc4C)C3)noc2n1. The number of hydrogen-bond acceptors (Lipinski definition) is 5. The third-order valence-corrected chi connectivity index (χ3v) is 5.71. The van der Waals surface area contributed by atoms with Gasteiger partial charge in [0.05, 0.1) is 22.3 Å². The van der Waals surface area contributed by atoms with Crippen LogP contribution in [0.3, 0.4) is 0 Å². The Morgan fingerprint density at radius 3 is 2.68 bits per heavy atom. The standard InChI is InChI=1S/C21H24F3N5O2/c1-12-10-16(21(22,23)24)18-19(27-31-20(18)25-12)15-5-4-7-28(11-15)17(30)6-8-29-14(3)9-13(2)26-29/h9-10,15H,4-8,11H2,1-3H3/t15-/m0/s1. The number of carbonyl (C=O) groups is 1. The van der Waals surface area contributed by atoms with Crippen molar-refractivity contribution >= 4 is 17.0 Å². The molecule has 1 saturated heterocycles. The van der Waals surface area contributed by atoms with Crippen LogP contribution in [0.1, 0.15) is 53.5 Å². The maximum absolute atomic E-state index is 13.7. The summed E-state index contributed by atoms with van der Waals surface area (Å²) in [6, 6.07) is 2.97. The molecule has 3 aromatic heterocycles. The van der Waals surface area contributed by atoms with Crippen molar-refractivity contribution in [2.75, 3.05) is 13.1 Å². The lowest BCUT2D eigenvalue weighted by Crippen LogP contribution is -2.39. The van der Waals surface area contributed by atoms with Crippen LogP contribution in [0.5, 0.6) is 0 Å². The first kappa shape index (κ1) is 21.3. The molecule has 4 heterocycles. The summed E-state index contributed by atoms with van der Waals surface area (Å²) < 4.78 is 47.9. The van der Waals surface area contributed by atoms with Crippen LogP contribution in [0, 0.1) is 20.8 Å². The second kappa shape index (κ2) is 7.97. The minimum Gasteiger partial charge on any atom is -0.342 e. The Kier molecular flexibility index (Phi) is 5.49. The van der Waals surface area contributed by atoms with Gasteiger partial charge in [0.25, 0.3) is 5.71 Å². The summed E-state index contributed by atoms with van der Waals surface area (Å²) in [4.78, 5) is 18.6. The highest BCUT2D eigenvalue weighted by Gasteiger charge is 2.38. The average molecular weight is 435 g/mol. The van der Waals surface area contributed by atoms with Crippen LogP contribution in [-0.2, 0) is 17.5 Å². The molecule has 0 saturated carbocycles. The number of nitrogens with zero attached hydrogens (tertiary/aromatic N) is 5. The van der Waals surface area contributed by atoms with Gasteiger partial charge in [-0.2, -0.15) is 18.3 Å². The molecule has 0 N–H and O–H groups in total. The van der Waals surface area contributed by atoms with Crippen molar-refractivity contribution in [1.82, 2.24) is 24.8 Å². The van der Waals surface area contributed by atoms with E-state index in [1.54, 1.807) is 9.58 Å². The van der Waals surface area contributed by atoms with Gasteiger partial charge in [0.2, 0.25) is 5.91 Å². The molecule has 1 aliphatic heterocycles. The first-order chi connectivity index (χ1) is 14.6. The zero-order valence-corrected chi connectivity index (χ0v) is 17.7. The lowest BCUT2D eigenvalue weighted by atomic mass is 9.91. The molecule has 1 fully saturated rings. The minimum absolute atomic E-state index is 0.0462. The van der Waals surface area contributed by atoms with Gasteiger partial charge >= 0.3 is 6.18 Å². The summed E-state index contributed by atoms with van der Waals surface area (Å²) in [7, 11) is 0. The van der Waals surface area contributed by atoms with Crippen molar-refractivity contribution in [2.24, 2.45) is 0 Å². The number of carbonyl (C=O) groups excluding carboxylic acids is 1. The molecule has 1 aliphatic rings. The molecule has 0 unspecified atom stereocenters. The van der Waals surface area contributed by atoms with Gasteiger partial charge in [-0.15, -0.1) is 0 Å². The van der Waals surface area contributed by atoms with E-state index in [0.717, 1.165) is 17.5 Å². The first-order valence-corrected chi connectivity index (χ1v) is 10.3. The number of hydrogen-bond donors (Lipinski definition) is 0. The highest BCUT2D eigenvalue weighted by molar-refractivity contribution is 5.82. The van der Waals surface area contributed by atoms with Gasteiger partial charge in [-0.25, -0.2) is 4.98 Å². The third-order valence-electron chi connectivity index (χ3n) is 5.71. The molecule has 7 nitrogen and oxygen atoms in total. The van der Waals surface area contributed by atoms with Crippen LogP contribution in [0.4, 0.5) is 13.2 Å². The summed E-state index contributed by atoms with van der Waals surface area (Å²) in [5.74, 6) is -0.381. The van der Waals surface area contributed by atoms with Crippen molar-refractivity contribution < 1.29 is 22.5 Å². The first-order valence-electron chi connectivity index (χ1n) is 10.3. The molecule has 0 aliphatic carbocycles. The lowest BCUT2D eigenvalue weighted by molar-refractivity contribution is -0.136. The summed E-state index contributed by atoms with van der Waals surface area (Å²) in [6.07, 6.45) is -2.95. The fourth-order valence-corrected chi connectivity index (χ4v) is 4.29. The number of rotatable bonds is 4. The van der Waals surface area contributed by atoms with Crippen LogP contribution in [0.25, 0.3) is 11.1 Å². The highest BCUT2D eigenvalue weighted by atomic mass is 19.4. The fraction of sp³-hybridized carbons (Fsp3) is 0.524. The molecule has 0 aromatic carbocycles. The smallest absolute Gasteiger partial charge is 0.342 e. The fourth-order valence-electron chi connectivity index (χ4n) is 4.29. The molecule has 0 spiro atoms. The number of aromatic nitrogens is 4. The monoisotopic (exact) mass is 435 g/mol. The number of fused-ring (bicyclic) bond motifs is 1. The average Bonchev–Trinajstić information content (AvgIpc) is 3.27. The van der Waals surface area contributed by atoms with Crippen molar-refractivity contribution in [3.63, 3.8) is 0 Å². The topological polar surface area (TPSA) is 77.0 Å². The van der Waals surface area contributed by atoms with Crippen LogP contribution in [-0.4, -0.2) is 43.8 Å². The second-order valence-electron chi connectivity index (χ2n) is 8.14. The van der Waals surface area contributed by atoms with Gasteiger partial charge in [-0.3, -0.25) is 9.48 Å². The van der Waals surface area contributed by atoms with Crippen molar-refractivity contribution in [3.8, 4) is 0 Å². The Balaban J connectivity index is 1.54. The zero-order chi connectivity index (χ0) is 22.3. The van der Waals surface area contributed by atoms with Crippen molar-refractivity contribution in [2.45, 2.75) is 58.7 Å². The van der Waals surface area contributed by atoms with Gasteiger partial charge in [-0.1, -0.05) is 5.16 Å². The maximum Gasteiger partial charge on any atom is 0.417 e. The molecular formula is C21H24F3N5O2. The second-order valence-corrected chi connectivity index (χ2v) is 8.14. The Morgan fingerprint density at radius 2 is 2.00 bits per heavy atom. The van der Waals surface area contributed by atoms with Gasteiger partial charge in [-0.05, 0) is 45.7 Å². The minimum atomic E-state index is -4.55. The Labute approximate surface area is 177 Å². The summed E-state index contributed by atoms with van der Waals surface area (Å²) in [5, 5.41) is 8.22. The Hall–Kier alpha value is -2.91. The highest BCUT2D eigenvalue weighted by Crippen LogP contribution is 2.40. The van der Waals surface area contributed by atoms with E-state index in [1.165, 1.54) is 6.92 Å². The Morgan fingerprint density at radius 1 is 1.23 bits per heavy atom. The van der Waals surface area contributed by atoms with Crippen LogP contribution >= 0.6 is 0 Å². The predicted octanol–water partition coefficient (Wildman–Crippen LogP) is 4.16. The van der Waals surface area contributed by atoms with Gasteiger partial charge < -0.3 is 9.42 Å². The largest absolute Gasteiger partial charge is 0.417 e. The number of amides is 1. The van der Waals surface area contributed by atoms with Gasteiger partial charge in [0, 0.05) is 43.4 Å². The van der Waals surface area contributed by atoms with Crippen LogP contribution in [0.2, 0.25) is 0 Å². The van der Waals surface area contributed by atoms with E-state index in [2.05, 4.69) is 15.2 Å². The van der Waals surface area contributed by atoms with Crippen LogP contribution < -0.4 is 0 Å². The number of aryl methyl sites for hydroxylation is 4. The lowest BCUT2D eigenvalue weighted by Gasteiger charge is -2.32. The normalized spacial score (nSPS) is 17.5. The summed E-state index contributed by atoms with van der Waals surface area (Å²) in [5.41, 5.74) is 1.41. The number of pyridine rings is 1. The number of alkyl halides is 3. The molecule has 4 rings (SSSR count). The van der Waals surface area contributed by atoms with Crippen molar-refractivity contribution in [3.05, 3.63) is 40.5 Å². The van der Waals surface area contributed by atoms with Crippen LogP contribution in [0.15, 0.2) is 16.7 Å². The van der Waals surface area contributed by atoms with E-state index in [-0.39, 0.29) is 40.7 Å². The number of halogens is 3. The summed E-state index contributed by atoms with van der Waals surface area (Å²) >= 11 is 0. The molecule has 0 radical (unpaired) electrons. The molecule has 0 bridgehead atoms. The van der Waals surface area contributed by atoms with E-state index < -0.39 is 11.7 Å². The van der Waals surface area contributed by atoms with Gasteiger partial charge in [0.15, 0.2) is 0 Å². The van der Waals surface area contributed by atoms with E-state index in [0.29, 0.717) is 32.5 Å². The molecule has 166 valence electrons. The molecule has 1 amide bonds. The number of piperidine rings is 1. The van der Waals surface area contributed by atoms with Crippen molar-refractivity contribution in [1.29, 1.82) is 0 Å². The summed E-state index contributed by atoms with van der Waals surface area (Å²) in [6.45, 7) is 6.67. The van der Waals surface area contributed by atoms with Gasteiger partial charge in [0.1, 0.15) is 0 Å². The molecule has 10 heteroatoms. The maximum atomic E-state index is 13.7. The zero-order valence-electron chi connectivity index (χ0n) is 17.7. The quantitative estimate of drug-likeness (QED) is 0.615. The molecule has 1 atom stereocenters. The number of likely N-dealkylation sites (tertiary alicyclic amines) is 1. The third kappa shape index (κ3) is 4.28. The van der Waals surface area contributed by atoms with E-state index in [4.69, 9.17) is 4.52 Å². The molecule has 3 aromatic rings. The van der Waals surface area contributed by atoms with E-state index in [1.807, 2.05) is 19.9 Å².